The van der Waals surface area contributed by atoms with Crippen LogP contribution in [0.15, 0.2) is 46.2 Å². The van der Waals surface area contributed by atoms with Gasteiger partial charge in [-0.2, -0.15) is 0 Å². The van der Waals surface area contributed by atoms with Crippen molar-refractivity contribution in [3.63, 3.8) is 0 Å². The molecule has 25 heavy (non-hydrogen) atoms. The van der Waals surface area contributed by atoms with Crippen molar-refractivity contribution in [1.82, 2.24) is 0 Å². The van der Waals surface area contributed by atoms with Gasteiger partial charge in [0.05, 0.1) is 22.3 Å². The van der Waals surface area contributed by atoms with Crippen molar-refractivity contribution >= 4 is 35.6 Å². The fourth-order valence-corrected chi connectivity index (χ4v) is 2.93. The lowest BCUT2D eigenvalue weighted by Crippen LogP contribution is -2.08. The molecule has 0 bridgehead atoms. The molecule has 0 atom stereocenters. The third-order valence-electron chi connectivity index (χ3n) is 3.14. The van der Waals surface area contributed by atoms with Gasteiger partial charge in [-0.25, -0.2) is 19.2 Å². The number of carboxylic acid groups (broad SMARTS) is 4. The molecule has 0 radical (unpaired) electrons. The number of hydrogen-bond donors (Lipinski definition) is 4. The summed E-state index contributed by atoms with van der Waals surface area (Å²) >= 11 is 0.979. The topological polar surface area (TPSA) is 149 Å². The summed E-state index contributed by atoms with van der Waals surface area (Å²) in [5, 5.41) is 36.2. The Morgan fingerprint density at radius 3 is 1.16 bits per heavy atom. The number of aromatic carboxylic acids is 4. The summed E-state index contributed by atoms with van der Waals surface area (Å²) in [6.07, 6.45) is 0. The smallest absolute Gasteiger partial charge is 0.336 e. The summed E-state index contributed by atoms with van der Waals surface area (Å²) in [5.74, 6) is -5.58. The van der Waals surface area contributed by atoms with E-state index in [9.17, 15) is 19.2 Å². The first-order valence-electron chi connectivity index (χ1n) is 6.60. The van der Waals surface area contributed by atoms with Crippen LogP contribution in [0, 0.1) is 0 Å². The van der Waals surface area contributed by atoms with E-state index in [1.54, 1.807) is 0 Å². The van der Waals surface area contributed by atoms with Crippen LogP contribution in [0.5, 0.6) is 0 Å². The lowest BCUT2D eigenvalue weighted by Gasteiger charge is -2.08. The highest BCUT2D eigenvalue weighted by Crippen LogP contribution is 2.31. The first-order valence-corrected chi connectivity index (χ1v) is 7.41. The van der Waals surface area contributed by atoms with Crippen molar-refractivity contribution in [2.75, 3.05) is 0 Å². The van der Waals surface area contributed by atoms with E-state index in [1.807, 2.05) is 0 Å². The Hall–Kier alpha value is -3.33. The summed E-state index contributed by atoms with van der Waals surface area (Å²) in [6.45, 7) is 0. The van der Waals surface area contributed by atoms with E-state index in [4.69, 9.17) is 20.4 Å². The lowest BCUT2D eigenvalue weighted by molar-refractivity contribution is 0.0651. The largest absolute Gasteiger partial charge is 0.478 e. The van der Waals surface area contributed by atoms with Crippen molar-refractivity contribution in [3.8, 4) is 0 Å². The third-order valence-corrected chi connectivity index (χ3v) is 4.12. The highest BCUT2D eigenvalue weighted by Gasteiger charge is 2.19. The Kier molecular flexibility index (Phi) is 5.08. The predicted molar refractivity (Wildman–Crippen MR) is 84.8 cm³/mol. The van der Waals surface area contributed by atoms with Crippen molar-refractivity contribution in [3.05, 3.63) is 58.7 Å². The molecule has 0 saturated carbocycles. The lowest BCUT2D eigenvalue weighted by atomic mass is 10.1. The summed E-state index contributed by atoms with van der Waals surface area (Å²) in [6, 6.07) is 7.35. The highest BCUT2D eigenvalue weighted by atomic mass is 32.2. The Morgan fingerprint density at radius 2 is 0.880 bits per heavy atom. The van der Waals surface area contributed by atoms with Crippen LogP contribution < -0.4 is 0 Å². The van der Waals surface area contributed by atoms with Crippen LogP contribution in [0.25, 0.3) is 0 Å². The number of carboxylic acids is 4. The SMILES string of the molecule is O=C(O)c1ccc(Sc2ccc(C(=O)O)c(C(=O)O)c2)cc1C(=O)O. The van der Waals surface area contributed by atoms with E-state index >= 15 is 0 Å². The van der Waals surface area contributed by atoms with Gasteiger partial charge in [0.25, 0.3) is 0 Å². The monoisotopic (exact) mass is 362 g/mol. The number of carbonyl (C=O) groups is 4. The molecular formula is C16H10O8S. The normalized spacial score (nSPS) is 10.2. The Morgan fingerprint density at radius 1 is 0.560 bits per heavy atom. The molecule has 0 fully saturated rings. The molecule has 0 aliphatic heterocycles. The highest BCUT2D eigenvalue weighted by molar-refractivity contribution is 7.99. The zero-order valence-electron chi connectivity index (χ0n) is 12.3. The second-order valence-electron chi connectivity index (χ2n) is 4.74. The van der Waals surface area contributed by atoms with E-state index in [-0.39, 0.29) is 11.1 Å². The molecule has 2 aromatic carbocycles. The quantitative estimate of drug-likeness (QED) is 0.608. The van der Waals surface area contributed by atoms with E-state index in [0.29, 0.717) is 9.79 Å². The van der Waals surface area contributed by atoms with Gasteiger partial charge in [0.2, 0.25) is 0 Å². The van der Waals surface area contributed by atoms with E-state index in [0.717, 1.165) is 36.0 Å². The second-order valence-corrected chi connectivity index (χ2v) is 5.88. The van der Waals surface area contributed by atoms with Gasteiger partial charge >= 0.3 is 23.9 Å². The predicted octanol–water partition coefficient (Wildman–Crippen LogP) is 2.63. The molecule has 2 aromatic rings. The number of hydrogen-bond acceptors (Lipinski definition) is 5. The zero-order valence-corrected chi connectivity index (χ0v) is 13.1. The van der Waals surface area contributed by atoms with Gasteiger partial charge < -0.3 is 20.4 Å². The molecule has 0 aliphatic rings. The minimum atomic E-state index is -1.41. The van der Waals surface area contributed by atoms with Crippen molar-refractivity contribution in [1.29, 1.82) is 0 Å². The zero-order chi connectivity index (χ0) is 18.7. The molecule has 0 heterocycles. The standard InChI is InChI=1S/C16H10O8S/c17-13(18)9-3-1-7(5-11(9)15(21)22)25-8-2-4-10(14(19)20)12(6-8)16(23)24/h1-6H,(H,17,18)(H,19,20)(H,21,22)(H,23,24). The van der Waals surface area contributed by atoms with Crippen LogP contribution in [0.3, 0.4) is 0 Å². The summed E-state index contributed by atoms with van der Waals surface area (Å²) in [7, 11) is 0. The molecular weight excluding hydrogens is 352 g/mol. The van der Waals surface area contributed by atoms with E-state index in [2.05, 4.69) is 0 Å². The average Bonchev–Trinajstić information content (AvgIpc) is 2.54. The van der Waals surface area contributed by atoms with Crippen LogP contribution in [-0.2, 0) is 0 Å². The maximum absolute atomic E-state index is 11.2. The molecule has 4 N–H and O–H groups in total. The van der Waals surface area contributed by atoms with Crippen LogP contribution in [-0.4, -0.2) is 44.3 Å². The first kappa shape index (κ1) is 18.0. The van der Waals surface area contributed by atoms with Crippen LogP contribution >= 0.6 is 11.8 Å². The minimum absolute atomic E-state index is 0.363. The van der Waals surface area contributed by atoms with Crippen molar-refractivity contribution in [2.24, 2.45) is 0 Å². The Bertz CT molecular complexity index is 830. The molecule has 8 nitrogen and oxygen atoms in total. The van der Waals surface area contributed by atoms with Gasteiger partial charge in [-0.1, -0.05) is 11.8 Å². The summed E-state index contributed by atoms with van der Waals surface area (Å²) < 4.78 is 0. The molecule has 9 heteroatoms. The molecule has 128 valence electrons. The van der Waals surface area contributed by atoms with Crippen LogP contribution in [0.1, 0.15) is 41.4 Å². The first-order chi connectivity index (χ1) is 11.7. The third kappa shape index (κ3) is 3.96. The fraction of sp³-hybridized carbons (Fsp3) is 0. The maximum Gasteiger partial charge on any atom is 0.336 e. The van der Waals surface area contributed by atoms with Gasteiger partial charge in [-0.15, -0.1) is 0 Å². The van der Waals surface area contributed by atoms with E-state index in [1.165, 1.54) is 12.1 Å². The van der Waals surface area contributed by atoms with Crippen molar-refractivity contribution < 1.29 is 39.6 Å². The maximum atomic E-state index is 11.2. The van der Waals surface area contributed by atoms with Gasteiger partial charge in [-0.05, 0) is 36.4 Å². The van der Waals surface area contributed by atoms with Gasteiger partial charge in [0.15, 0.2) is 0 Å². The second kappa shape index (κ2) is 7.05. The number of rotatable bonds is 6. The van der Waals surface area contributed by atoms with Gasteiger partial charge in [0, 0.05) is 9.79 Å². The summed E-state index contributed by atoms with van der Waals surface area (Å²) in [4.78, 5) is 45.1. The fourth-order valence-electron chi connectivity index (χ4n) is 2.04. The van der Waals surface area contributed by atoms with Crippen molar-refractivity contribution in [2.45, 2.75) is 9.79 Å². The van der Waals surface area contributed by atoms with Gasteiger partial charge in [0.1, 0.15) is 0 Å². The molecule has 0 spiro atoms. The molecule has 0 aromatic heterocycles. The molecule has 0 amide bonds. The number of benzene rings is 2. The summed E-state index contributed by atoms with van der Waals surface area (Å²) in [5.41, 5.74) is -1.55. The van der Waals surface area contributed by atoms with Gasteiger partial charge in [-0.3, -0.25) is 0 Å². The molecule has 0 unspecified atom stereocenters. The minimum Gasteiger partial charge on any atom is -0.478 e. The Balaban J connectivity index is 2.43. The molecule has 0 aliphatic carbocycles. The molecule has 2 rings (SSSR count). The van der Waals surface area contributed by atoms with Crippen LogP contribution in [0.4, 0.5) is 0 Å². The van der Waals surface area contributed by atoms with E-state index < -0.39 is 35.0 Å². The van der Waals surface area contributed by atoms with Crippen LogP contribution in [0.2, 0.25) is 0 Å². The Labute approximate surface area is 144 Å². The molecule has 0 saturated heterocycles. The average molecular weight is 362 g/mol.